The second-order valence-corrected chi connectivity index (χ2v) is 6.11. The first kappa shape index (κ1) is 15.6. The standard InChI is InChI=1S/C19H19N3S/c1-3-14-23-19-21-20-18(16-8-6-5-7-9-16)22(19)17-12-10-15(4-2)11-13-17/h3,5-13H,1,4,14H2,2H3. The lowest BCUT2D eigenvalue weighted by Crippen LogP contribution is -2.00. The van der Waals surface area contributed by atoms with E-state index in [2.05, 4.69) is 64.7 Å². The molecule has 0 N–H and O–H groups in total. The van der Waals surface area contributed by atoms with Crippen molar-refractivity contribution in [1.29, 1.82) is 0 Å². The highest BCUT2D eigenvalue weighted by Gasteiger charge is 2.15. The van der Waals surface area contributed by atoms with Gasteiger partial charge in [-0.3, -0.25) is 4.57 Å². The van der Waals surface area contributed by atoms with Gasteiger partial charge >= 0.3 is 0 Å². The average molecular weight is 321 g/mol. The first-order chi connectivity index (χ1) is 11.3. The van der Waals surface area contributed by atoms with Gasteiger partial charge < -0.3 is 0 Å². The van der Waals surface area contributed by atoms with Crippen LogP contribution in [0.15, 0.2) is 72.4 Å². The highest BCUT2D eigenvalue weighted by Crippen LogP contribution is 2.28. The van der Waals surface area contributed by atoms with Crippen LogP contribution in [0.3, 0.4) is 0 Å². The first-order valence-corrected chi connectivity index (χ1v) is 8.66. The second kappa shape index (κ2) is 7.29. The van der Waals surface area contributed by atoms with E-state index < -0.39 is 0 Å². The fourth-order valence-corrected chi connectivity index (χ4v) is 3.07. The van der Waals surface area contributed by atoms with E-state index in [4.69, 9.17) is 0 Å². The molecule has 0 aliphatic carbocycles. The third-order valence-electron chi connectivity index (χ3n) is 3.60. The lowest BCUT2D eigenvalue weighted by molar-refractivity contribution is 0.886. The molecule has 0 spiro atoms. The Morgan fingerprint density at radius 1 is 1.04 bits per heavy atom. The van der Waals surface area contributed by atoms with Gasteiger partial charge in [0.25, 0.3) is 0 Å². The summed E-state index contributed by atoms with van der Waals surface area (Å²) in [5, 5.41) is 9.68. The van der Waals surface area contributed by atoms with Crippen LogP contribution < -0.4 is 0 Å². The molecule has 1 aromatic heterocycles. The molecule has 0 saturated carbocycles. The van der Waals surface area contributed by atoms with Crippen LogP contribution in [0.2, 0.25) is 0 Å². The number of thioether (sulfide) groups is 1. The maximum atomic E-state index is 4.42. The number of hydrogen-bond donors (Lipinski definition) is 0. The zero-order valence-corrected chi connectivity index (χ0v) is 14.0. The van der Waals surface area contributed by atoms with Crippen LogP contribution in [0, 0.1) is 0 Å². The van der Waals surface area contributed by atoms with Gasteiger partial charge in [0.05, 0.1) is 0 Å². The zero-order valence-electron chi connectivity index (χ0n) is 13.1. The molecule has 0 radical (unpaired) electrons. The predicted molar refractivity (Wildman–Crippen MR) is 97.1 cm³/mol. The molecule has 116 valence electrons. The Morgan fingerprint density at radius 2 is 1.78 bits per heavy atom. The second-order valence-electron chi connectivity index (χ2n) is 5.13. The molecule has 0 fully saturated rings. The quantitative estimate of drug-likeness (QED) is 0.484. The molecule has 0 bridgehead atoms. The molecule has 1 heterocycles. The van der Waals surface area contributed by atoms with Gasteiger partial charge in [0.1, 0.15) is 0 Å². The van der Waals surface area contributed by atoms with Crippen LogP contribution in [-0.2, 0) is 6.42 Å². The van der Waals surface area contributed by atoms with Crippen molar-refractivity contribution in [3.8, 4) is 17.1 Å². The third kappa shape index (κ3) is 3.37. The summed E-state index contributed by atoms with van der Waals surface area (Å²) in [6.45, 7) is 5.95. The number of rotatable bonds is 6. The molecule has 2 aromatic carbocycles. The molecular formula is C19H19N3S. The van der Waals surface area contributed by atoms with E-state index >= 15 is 0 Å². The van der Waals surface area contributed by atoms with Crippen molar-refractivity contribution in [2.75, 3.05) is 5.75 Å². The lowest BCUT2D eigenvalue weighted by atomic mass is 10.1. The topological polar surface area (TPSA) is 30.7 Å². The van der Waals surface area contributed by atoms with Gasteiger partial charge in [-0.05, 0) is 24.1 Å². The smallest absolute Gasteiger partial charge is 0.196 e. The molecule has 0 aliphatic heterocycles. The van der Waals surface area contributed by atoms with Gasteiger partial charge in [-0.1, -0.05) is 67.2 Å². The summed E-state index contributed by atoms with van der Waals surface area (Å²) in [6.07, 6.45) is 2.91. The van der Waals surface area contributed by atoms with E-state index in [9.17, 15) is 0 Å². The average Bonchev–Trinajstić information content (AvgIpc) is 3.04. The maximum Gasteiger partial charge on any atom is 0.196 e. The van der Waals surface area contributed by atoms with Crippen molar-refractivity contribution in [1.82, 2.24) is 14.8 Å². The number of aromatic nitrogens is 3. The first-order valence-electron chi connectivity index (χ1n) is 7.67. The van der Waals surface area contributed by atoms with Crippen LogP contribution in [-0.4, -0.2) is 20.5 Å². The molecule has 0 amide bonds. The molecule has 23 heavy (non-hydrogen) atoms. The van der Waals surface area contributed by atoms with Gasteiger partial charge in [0.2, 0.25) is 0 Å². The fourth-order valence-electron chi connectivity index (χ4n) is 2.38. The van der Waals surface area contributed by atoms with Gasteiger partial charge in [-0.25, -0.2) is 0 Å². The van der Waals surface area contributed by atoms with E-state index in [1.54, 1.807) is 11.8 Å². The number of nitrogens with zero attached hydrogens (tertiary/aromatic N) is 3. The summed E-state index contributed by atoms with van der Waals surface area (Å²) in [6, 6.07) is 18.7. The zero-order chi connectivity index (χ0) is 16.1. The molecular weight excluding hydrogens is 302 g/mol. The van der Waals surface area contributed by atoms with Gasteiger partial charge in [0.15, 0.2) is 11.0 Å². The van der Waals surface area contributed by atoms with Crippen molar-refractivity contribution in [3.05, 3.63) is 72.8 Å². The van der Waals surface area contributed by atoms with E-state index in [1.165, 1.54) is 5.56 Å². The van der Waals surface area contributed by atoms with Gasteiger partial charge in [0, 0.05) is 17.0 Å². The normalized spacial score (nSPS) is 10.7. The molecule has 0 aliphatic rings. The van der Waals surface area contributed by atoms with Crippen molar-refractivity contribution in [2.45, 2.75) is 18.5 Å². The van der Waals surface area contributed by atoms with Gasteiger partial charge in [-0.2, -0.15) is 0 Å². The Balaban J connectivity index is 2.10. The SMILES string of the molecule is C=CCSc1nnc(-c2ccccc2)n1-c1ccc(CC)cc1. The van der Waals surface area contributed by atoms with E-state index in [0.717, 1.165) is 34.4 Å². The minimum atomic E-state index is 0.806. The lowest BCUT2D eigenvalue weighted by Gasteiger charge is -2.10. The monoisotopic (exact) mass is 321 g/mol. The Hall–Kier alpha value is -2.33. The Bertz CT molecular complexity index is 776. The fraction of sp³-hybridized carbons (Fsp3) is 0.158. The summed E-state index contributed by atoms with van der Waals surface area (Å²) in [5.41, 5.74) is 3.46. The van der Waals surface area contributed by atoms with Crippen molar-refractivity contribution in [3.63, 3.8) is 0 Å². The largest absolute Gasteiger partial charge is 0.270 e. The minimum absolute atomic E-state index is 0.806. The van der Waals surface area contributed by atoms with E-state index in [-0.39, 0.29) is 0 Å². The van der Waals surface area contributed by atoms with Crippen molar-refractivity contribution < 1.29 is 0 Å². The molecule has 0 saturated heterocycles. The summed E-state index contributed by atoms with van der Waals surface area (Å²) >= 11 is 1.64. The van der Waals surface area contributed by atoms with Crippen LogP contribution in [0.4, 0.5) is 0 Å². The van der Waals surface area contributed by atoms with Crippen LogP contribution >= 0.6 is 11.8 Å². The molecule has 3 nitrogen and oxygen atoms in total. The molecule has 0 atom stereocenters. The van der Waals surface area contributed by atoms with E-state index in [0.29, 0.717) is 0 Å². The summed E-state index contributed by atoms with van der Waals surface area (Å²) < 4.78 is 2.11. The van der Waals surface area contributed by atoms with Crippen LogP contribution in [0.1, 0.15) is 12.5 Å². The highest BCUT2D eigenvalue weighted by molar-refractivity contribution is 7.99. The van der Waals surface area contributed by atoms with Crippen molar-refractivity contribution >= 4 is 11.8 Å². The Labute approximate surface area is 141 Å². The summed E-state index contributed by atoms with van der Waals surface area (Å²) in [4.78, 5) is 0. The predicted octanol–water partition coefficient (Wildman–Crippen LogP) is 4.77. The third-order valence-corrected chi connectivity index (χ3v) is 4.52. The number of benzene rings is 2. The van der Waals surface area contributed by atoms with Gasteiger partial charge in [-0.15, -0.1) is 16.8 Å². The molecule has 0 unspecified atom stereocenters. The Morgan fingerprint density at radius 3 is 2.43 bits per heavy atom. The summed E-state index contributed by atoms with van der Waals surface area (Å²) in [7, 11) is 0. The summed E-state index contributed by atoms with van der Waals surface area (Å²) in [5.74, 6) is 1.67. The Kier molecular flexibility index (Phi) is 4.93. The highest BCUT2D eigenvalue weighted by atomic mass is 32.2. The van der Waals surface area contributed by atoms with Crippen LogP contribution in [0.5, 0.6) is 0 Å². The van der Waals surface area contributed by atoms with Crippen molar-refractivity contribution in [2.24, 2.45) is 0 Å². The minimum Gasteiger partial charge on any atom is -0.270 e. The van der Waals surface area contributed by atoms with E-state index in [1.807, 2.05) is 24.3 Å². The molecule has 4 heteroatoms. The maximum absolute atomic E-state index is 4.42. The number of hydrogen-bond acceptors (Lipinski definition) is 3. The number of aryl methyl sites for hydroxylation is 1. The van der Waals surface area contributed by atoms with Crippen LogP contribution in [0.25, 0.3) is 17.1 Å². The molecule has 3 aromatic rings. The molecule has 3 rings (SSSR count).